The van der Waals surface area contributed by atoms with E-state index in [2.05, 4.69) is 161 Å². The van der Waals surface area contributed by atoms with Gasteiger partial charge in [-0.3, -0.25) is 0 Å². The lowest BCUT2D eigenvalue weighted by Crippen LogP contribution is -1.99. The van der Waals surface area contributed by atoms with Crippen LogP contribution in [0.4, 0.5) is 0 Å². The molecule has 0 unspecified atom stereocenters. The van der Waals surface area contributed by atoms with Gasteiger partial charge in [-0.25, -0.2) is 9.97 Å². The van der Waals surface area contributed by atoms with Crippen molar-refractivity contribution in [3.8, 4) is 45.1 Å². The molecule has 57 heavy (non-hydrogen) atoms. The van der Waals surface area contributed by atoms with Crippen LogP contribution in [-0.2, 0) is 0 Å². The van der Waals surface area contributed by atoms with Gasteiger partial charge in [-0.05, 0) is 48.0 Å². The highest BCUT2D eigenvalue weighted by molar-refractivity contribution is 6.12. The Labute approximate surface area is 328 Å². The third kappa shape index (κ3) is 5.32. The molecule has 11 rings (SSSR count). The second-order valence-electron chi connectivity index (χ2n) is 14.3. The first-order valence-corrected chi connectivity index (χ1v) is 19.1. The first-order valence-electron chi connectivity index (χ1n) is 19.1. The Kier molecular flexibility index (Phi) is 7.57. The number of aromatic nitrogens is 4. The van der Waals surface area contributed by atoms with E-state index in [0.29, 0.717) is 11.4 Å². The SMILES string of the molecule is C=C/C=C\c1cn(-c2cc(-c3cccc4c3oc3c(-c5ccccc5)nc(-c5ccccc5)nc34)cc(-n3c4ccccc4c4ccccc43)c2)c2ccccc12. The van der Waals surface area contributed by atoms with E-state index in [9.17, 15) is 0 Å². The van der Waals surface area contributed by atoms with Crippen LogP contribution < -0.4 is 0 Å². The molecule has 7 aromatic carbocycles. The standard InChI is InChI=1S/C52H34N4O/c1-2-3-17-36-33-55(45-27-13-10-22-40(36)45)38-30-37(31-39(32-38)56-46-28-14-11-23-42(46)43-24-12-15-29-47(43)56)41-25-16-26-44-49-51(57-50(41)44)48(34-18-6-4-7-19-34)53-52(54-49)35-20-8-5-9-21-35/h2-33H,1H2/b17-3-. The molecule has 0 radical (unpaired) electrons. The summed E-state index contributed by atoms with van der Waals surface area (Å²) in [5, 5.41) is 4.53. The molecule has 5 nitrogen and oxygen atoms in total. The summed E-state index contributed by atoms with van der Waals surface area (Å²) in [5.74, 6) is 0.659. The summed E-state index contributed by atoms with van der Waals surface area (Å²) in [7, 11) is 0. The number of para-hydroxylation sites is 4. The van der Waals surface area contributed by atoms with Crippen LogP contribution in [0.15, 0.2) is 199 Å². The van der Waals surface area contributed by atoms with Crippen LogP contribution in [0, 0.1) is 0 Å². The Balaban J connectivity index is 1.22. The molecule has 0 saturated carbocycles. The van der Waals surface area contributed by atoms with Crippen molar-refractivity contribution < 1.29 is 4.42 Å². The maximum Gasteiger partial charge on any atom is 0.180 e. The van der Waals surface area contributed by atoms with Crippen LogP contribution in [0.25, 0.3) is 106 Å². The number of hydrogen-bond acceptors (Lipinski definition) is 3. The summed E-state index contributed by atoms with van der Waals surface area (Å²) < 4.78 is 11.7. The van der Waals surface area contributed by atoms with Crippen LogP contribution in [0.1, 0.15) is 5.56 Å². The number of allylic oxidation sites excluding steroid dienone is 2. The molecule has 0 aliphatic rings. The van der Waals surface area contributed by atoms with Gasteiger partial charge in [-0.1, -0.05) is 152 Å². The first-order chi connectivity index (χ1) is 28.2. The summed E-state index contributed by atoms with van der Waals surface area (Å²) in [5.41, 5.74) is 13.5. The summed E-state index contributed by atoms with van der Waals surface area (Å²) >= 11 is 0. The van der Waals surface area contributed by atoms with Crippen molar-refractivity contribution >= 4 is 60.9 Å². The largest absolute Gasteiger partial charge is 0.451 e. The van der Waals surface area contributed by atoms with Gasteiger partial charge in [0.05, 0.1) is 16.6 Å². The maximum absolute atomic E-state index is 6.99. The van der Waals surface area contributed by atoms with Gasteiger partial charge >= 0.3 is 0 Å². The van der Waals surface area contributed by atoms with E-state index < -0.39 is 0 Å². The Morgan fingerprint density at radius 1 is 0.509 bits per heavy atom. The molecule has 11 aromatic rings. The number of rotatable bonds is 7. The molecule has 0 bridgehead atoms. The number of fused-ring (bicyclic) bond motifs is 7. The lowest BCUT2D eigenvalue weighted by Gasteiger charge is -2.15. The summed E-state index contributed by atoms with van der Waals surface area (Å²) in [4.78, 5) is 10.3. The van der Waals surface area contributed by atoms with E-state index in [1.54, 1.807) is 0 Å². The monoisotopic (exact) mass is 730 g/mol. The van der Waals surface area contributed by atoms with Gasteiger partial charge in [0.15, 0.2) is 11.4 Å². The predicted molar refractivity (Wildman–Crippen MR) is 236 cm³/mol. The fourth-order valence-corrected chi connectivity index (χ4v) is 8.34. The Morgan fingerprint density at radius 3 is 1.84 bits per heavy atom. The highest BCUT2D eigenvalue weighted by Gasteiger charge is 2.22. The number of hydrogen-bond donors (Lipinski definition) is 0. The van der Waals surface area contributed by atoms with Crippen LogP contribution in [-0.4, -0.2) is 19.1 Å². The molecule has 5 heteroatoms. The lowest BCUT2D eigenvalue weighted by molar-refractivity contribution is 0.668. The van der Waals surface area contributed by atoms with E-state index in [0.717, 1.165) is 77.9 Å². The van der Waals surface area contributed by atoms with Crippen molar-refractivity contribution in [1.82, 2.24) is 19.1 Å². The molecule has 0 amide bonds. The van der Waals surface area contributed by atoms with Gasteiger partial charge in [-0.2, -0.15) is 0 Å². The molecule has 0 aliphatic carbocycles. The molecule has 0 saturated heterocycles. The zero-order chi connectivity index (χ0) is 37.9. The van der Waals surface area contributed by atoms with Crippen LogP contribution in [0.5, 0.6) is 0 Å². The summed E-state index contributed by atoms with van der Waals surface area (Å²) in [6, 6.07) is 59.4. The van der Waals surface area contributed by atoms with Gasteiger partial charge in [0.25, 0.3) is 0 Å². The van der Waals surface area contributed by atoms with Crippen molar-refractivity contribution in [3.05, 3.63) is 200 Å². The molecule has 4 heterocycles. The number of nitrogens with zero attached hydrogens (tertiary/aromatic N) is 4. The fourth-order valence-electron chi connectivity index (χ4n) is 8.34. The van der Waals surface area contributed by atoms with Gasteiger partial charge in [0, 0.05) is 61.4 Å². The maximum atomic E-state index is 6.99. The lowest BCUT2D eigenvalue weighted by atomic mass is 10.0. The average molecular weight is 731 g/mol. The Hall–Kier alpha value is -7.76. The minimum atomic E-state index is 0.659. The van der Waals surface area contributed by atoms with Crippen molar-refractivity contribution in [2.75, 3.05) is 0 Å². The summed E-state index contributed by atoms with van der Waals surface area (Å²) in [6.07, 6.45) is 8.14. The molecular formula is C52H34N4O. The molecule has 268 valence electrons. The highest BCUT2D eigenvalue weighted by Crippen LogP contribution is 2.42. The smallest absolute Gasteiger partial charge is 0.180 e. The third-order valence-electron chi connectivity index (χ3n) is 10.9. The molecule has 0 spiro atoms. The Bertz CT molecular complexity index is 3310. The zero-order valence-electron chi connectivity index (χ0n) is 30.9. The Morgan fingerprint density at radius 2 is 1.12 bits per heavy atom. The summed E-state index contributed by atoms with van der Waals surface area (Å²) in [6.45, 7) is 3.93. The normalized spacial score (nSPS) is 11.9. The molecule has 0 fully saturated rings. The zero-order valence-corrected chi connectivity index (χ0v) is 30.9. The second kappa shape index (κ2) is 13.2. The van der Waals surface area contributed by atoms with E-state index in [4.69, 9.17) is 14.4 Å². The van der Waals surface area contributed by atoms with Crippen molar-refractivity contribution in [2.24, 2.45) is 0 Å². The van der Waals surface area contributed by atoms with Gasteiger partial charge < -0.3 is 13.6 Å². The van der Waals surface area contributed by atoms with Crippen molar-refractivity contribution in [2.45, 2.75) is 0 Å². The molecule has 0 N–H and O–H groups in total. The van der Waals surface area contributed by atoms with Crippen molar-refractivity contribution in [1.29, 1.82) is 0 Å². The number of benzene rings is 7. The van der Waals surface area contributed by atoms with E-state index in [1.165, 1.54) is 16.2 Å². The average Bonchev–Trinajstić information content (AvgIpc) is 3.96. The molecule has 0 atom stereocenters. The van der Waals surface area contributed by atoms with E-state index in [-0.39, 0.29) is 0 Å². The third-order valence-corrected chi connectivity index (χ3v) is 10.9. The van der Waals surface area contributed by atoms with Gasteiger partial charge in [0.2, 0.25) is 0 Å². The van der Waals surface area contributed by atoms with E-state index >= 15 is 0 Å². The quantitative estimate of drug-likeness (QED) is 0.153. The van der Waals surface area contributed by atoms with Crippen LogP contribution in [0.3, 0.4) is 0 Å². The molecule has 0 aliphatic heterocycles. The minimum absolute atomic E-state index is 0.659. The van der Waals surface area contributed by atoms with Crippen molar-refractivity contribution in [3.63, 3.8) is 0 Å². The second-order valence-corrected chi connectivity index (χ2v) is 14.3. The minimum Gasteiger partial charge on any atom is -0.451 e. The van der Waals surface area contributed by atoms with Crippen LogP contribution >= 0.6 is 0 Å². The van der Waals surface area contributed by atoms with Crippen LogP contribution in [0.2, 0.25) is 0 Å². The first kappa shape index (κ1) is 32.7. The molecule has 4 aromatic heterocycles. The fraction of sp³-hybridized carbons (Fsp3) is 0. The topological polar surface area (TPSA) is 48.8 Å². The highest BCUT2D eigenvalue weighted by atomic mass is 16.3. The van der Waals surface area contributed by atoms with Gasteiger partial charge in [0.1, 0.15) is 16.8 Å². The van der Waals surface area contributed by atoms with E-state index in [1.807, 2.05) is 48.6 Å². The number of furan rings is 1. The predicted octanol–water partition coefficient (Wildman–Crippen LogP) is 13.6. The molecular weight excluding hydrogens is 697 g/mol. The van der Waals surface area contributed by atoms with Gasteiger partial charge in [-0.15, -0.1) is 0 Å².